The first-order valence-electron chi connectivity index (χ1n) is 10.2. The Balaban J connectivity index is 1.57. The maximum absolute atomic E-state index is 10.5. The van der Waals surface area contributed by atoms with Crippen LogP contribution in [0.4, 0.5) is 0 Å². The first-order chi connectivity index (χ1) is 12.2. The van der Waals surface area contributed by atoms with Gasteiger partial charge in [-0.15, -0.1) is 0 Å². The number of fused-ring (bicyclic) bond motifs is 2. The average molecular weight is 389 g/mol. The highest BCUT2D eigenvalue weighted by Gasteiger charge is 2.47. The molecule has 0 amide bonds. The number of carboxylic acids is 1. The van der Waals surface area contributed by atoms with Gasteiger partial charge in [0.1, 0.15) is 0 Å². The van der Waals surface area contributed by atoms with Crippen LogP contribution in [-0.2, 0) is 9.53 Å². The Kier molecular flexibility index (Phi) is 10.7. The highest BCUT2D eigenvalue weighted by atomic mass is 32.2. The molecule has 2 aliphatic heterocycles. The van der Waals surface area contributed by atoms with E-state index in [1.54, 1.807) is 0 Å². The number of hydrogen-bond acceptors (Lipinski definition) is 4. The summed E-state index contributed by atoms with van der Waals surface area (Å²) >= 11 is 4.16. The van der Waals surface area contributed by atoms with Gasteiger partial charge in [0.2, 0.25) is 0 Å². The molecule has 0 aromatic rings. The van der Waals surface area contributed by atoms with Gasteiger partial charge in [0.05, 0.1) is 12.2 Å². The lowest BCUT2D eigenvalue weighted by molar-refractivity contribution is -0.137. The third kappa shape index (κ3) is 7.72. The summed E-state index contributed by atoms with van der Waals surface area (Å²) in [5, 5.41) is 8.69. The van der Waals surface area contributed by atoms with Crippen molar-refractivity contribution in [3.8, 4) is 0 Å². The lowest BCUT2D eigenvalue weighted by Gasteiger charge is -2.27. The van der Waals surface area contributed by atoms with E-state index in [9.17, 15) is 4.79 Å². The van der Waals surface area contributed by atoms with E-state index in [1.165, 1.54) is 62.2 Å². The summed E-state index contributed by atoms with van der Waals surface area (Å²) in [6.45, 7) is 2.27. The van der Waals surface area contributed by atoms with Crippen LogP contribution < -0.4 is 0 Å². The van der Waals surface area contributed by atoms with Crippen molar-refractivity contribution in [1.29, 1.82) is 0 Å². The molecule has 4 unspecified atom stereocenters. The summed E-state index contributed by atoms with van der Waals surface area (Å²) in [7, 11) is 0. The Morgan fingerprint density at radius 1 is 0.960 bits per heavy atom. The minimum absolute atomic E-state index is 0.315. The maximum atomic E-state index is 10.5. The molecule has 146 valence electrons. The highest BCUT2D eigenvalue weighted by Crippen LogP contribution is 2.46. The van der Waals surface area contributed by atoms with Gasteiger partial charge in [-0.2, -0.15) is 23.5 Å². The number of unbranched alkanes of at least 4 members (excludes halogenated alkanes) is 4. The van der Waals surface area contributed by atoms with Crippen LogP contribution in [0.15, 0.2) is 0 Å². The molecule has 0 aliphatic carbocycles. The Hall–Kier alpha value is 0.130. The fraction of sp³-hybridized carbons (Fsp3) is 0.950. The molecule has 3 nitrogen and oxygen atoms in total. The normalized spacial score (nSPS) is 27.9. The molecule has 0 aromatic heterocycles. The van der Waals surface area contributed by atoms with E-state index in [0.717, 1.165) is 30.4 Å². The molecule has 1 N–H and O–H groups in total. The summed E-state index contributed by atoms with van der Waals surface area (Å²) in [6, 6.07) is 0. The van der Waals surface area contributed by atoms with E-state index in [2.05, 4.69) is 18.7 Å². The molecule has 2 heterocycles. The highest BCUT2D eigenvalue weighted by molar-refractivity contribution is 7.99. The molecular weight excluding hydrogens is 352 g/mol. The van der Waals surface area contributed by atoms with E-state index in [-0.39, 0.29) is 0 Å². The van der Waals surface area contributed by atoms with Crippen LogP contribution in [0, 0.1) is 11.8 Å². The SMILES string of the molecule is CCCCCCSCCC1C2CCC(O2)C1CSCCCCC(=O)O. The van der Waals surface area contributed by atoms with Gasteiger partial charge in [0, 0.05) is 6.42 Å². The first kappa shape index (κ1) is 21.4. The fourth-order valence-corrected chi connectivity index (χ4v) is 6.51. The van der Waals surface area contributed by atoms with Crippen molar-refractivity contribution in [2.75, 3.05) is 23.0 Å². The molecule has 2 aliphatic rings. The van der Waals surface area contributed by atoms with Crippen molar-refractivity contribution < 1.29 is 14.6 Å². The largest absolute Gasteiger partial charge is 0.481 e. The lowest BCUT2D eigenvalue weighted by atomic mass is 9.79. The van der Waals surface area contributed by atoms with E-state index in [1.807, 2.05) is 11.8 Å². The van der Waals surface area contributed by atoms with Crippen LogP contribution in [0.3, 0.4) is 0 Å². The number of carboxylic acid groups (broad SMARTS) is 1. The number of hydrogen-bond donors (Lipinski definition) is 1. The molecule has 2 saturated heterocycles. The second-order valence-electron chi connectivity index (χ2n) is 7.51. The van der Waals surface area contributed by atoms with Crippen molar-refractivity contribution in [1.82, 2.24) is 0 Å². The molecule has 0 aromatic carbocycles. The Morgan fingerprint density at radius 2 is 1.68 bits per heavy atom. The van der Waals surface area contributed by atoms with E-state index >= 15 is 0 Å². The van der Waals surface area contributed by atoms with Gasteiger partial charge in [0.15, 0.2) is 0 Å². The van der Waals surface area contributed by atoms with Crippen molar-refractivity contribution >= 4 is 29.5 Å². The van der Waals surface area contributed by atoms with Gasteiger partial charge in [-0.25, -0.2) is 0 Å². The molecule has 2 fully saturated rings. The minimum atomic E-state index is -0.668. The summed E-state index contributed by atoms with van der Waals surface area (Å²) in [4.78, 5) is 10.5. The number of rotatable bonds is 15. The smallest absolute Gasteiger partial charge is 0.303 e. The Bertz CT molecular complexity index is 378. The Labute approximate surface area is 162 Å². The number of ether oxygens (including phenoxy) is 1. The third-order valence-electron chi connectivity index (χ3n) is 5.57. The average Bonchev–Trinajstić information content (AvgIpc) is 3.19. The predicted octanol–water partition coefficient (Wildman–Crippen LogP) is 5.47. The first-order valence-corrected chi connectivity index (χ1v) is 12.6. The van der Waals surface area contributed by atoms with Crippen LogP contribution in [0.5, 0.6) is 0 Å². The zero-order chi connectivity index (χ0) is 17.9. The van der Waals surface area contributed by atoms with Crippen molar-refractivity contribution in [3.63, 3.8) is 0 Å². The third-order valence-corrected chi connectivity index (χ3v) is 7.87. The number of thioether (sulfide) groups is 2. The monoisotopic (exact) mass is 388 g/mol. The van der Waals surface area contributed by atoms with Gasteiger partial charge >= 0.3 is 5.97 Å². The molecule has 0 saturated carbocycles. The standard InChI is InChI=1S/C20H36O3S2/c1-2-3-4-6-12-24-14-11-16-17(19-10-9-18(16)23-19)15-25-13-7-5-8-20(21)22/h16-19H,2-15H2,1H3,(H,21,22). The molecule has 25 heavy (non-hydrogen) atoms. The fourth-order valence-electron chi connectivity index (χ4n) is 4.15. The predicted molar refractivity (Wildman–Crippen MR) is 110 cm³/mol. The summed E-state index contributed by atoms with van der Waals surface area (Å²) in [5.41, 5.74) is 0. The summed E-state index contributed by atoms with van der Waals surface area (Å²) in [6.07, 6.45) is 12.5. The van der Waals surface area contributed by atoms with Crippen LogP contribution in [0.1, 0.15) is 71.1 Å². The molecule has 2 bridgehead atoms. The molecule has 4 atom stereocenters. The summed E-state index contributed by atoms with van der Waals surface area (Å²) < 4.78 is 6.22. The molecule has 2 rings (SSSR count). The molecule has 5 heteroatoms. The topological polar surface area (TPSA) is 46.5 Å². The summed E-state index contributed by atoms with van der Waals surface area (Å²) in [5.74, 6) is 5.77. The molecular formula is C20H36O3S2. The van der Waals surface area contributed by atoms with E-state index < -0.39 is 5.97 Å². The zero-order valence-corrected chi connectivity index (χ0v) is 17.4. The van der Waals surface area contributed by atoms with Gasteiger partial charge in [0.25, 0.3) is 0 Å². The molecule has 0 spiro atoms. The second-order valence-corrected chi connectivity index (χ2v) is 9.88. The van der Waals surface area contributed by atoms with Gasteiger partial charge < -0.3 is 9.84 Å². The van der Waals surface area contributed by atoms with Crippen LogP contribution >= 0.6 is 23.5 Å². The van der Waals surface area contributed by atoms with Crippen molar-refractivity contribution in [3.05, 3.63) is 0 Å². The van der Waals surface area contributed by atoms with E-state index in [0.29, 0.717) is 18.6 Å². The van der Waals surface area contributed by atoms with Crippen molar-refractivity contribution in [2.24, 2.45) is 11.8 Å². The molecule has 0 radical (unpaired) electrons. The van der Waals surface area contributed by atoms with Gasteiger partial charge in [-0.05, 0) is 73.4 Å². The van der Waals surface area contributed by atoms with Crippen LogP contribution in [-0.4, -0.2) is 46.3 Å². The quantitative estimate of drug-likeness (QED) is 0.377. The van der Waals surface area contributed by atoms with Crippen LogP contribution in [0.25, 0.3) is 0 Å². The van der Waals surface area contributed by atoms with Crippen molar-refractivity contribution in [2.45, 2.75) is 83.3 Å². The lowest BCUT2D eigenvalue weighted by Crippen LogP contribution is -2.29. The zero-order valence-electron chi connectivity index (χ0n) is 15.8. The number of aliphatic carboxylic acids is 1. The second kappa shape index (κ2) is 12.5. The minimum Gasteiger partial charge on any atom is -0.481 e. The number of carbonyl (C=O) groups is 1. The Morgan fingerprint density at radius 3 is 2.44 bits per heavy atom. The van der Waals surface area contributed by atoms with E-state index in [4.69, 9.17) is 9.84 Å². The maximum Gasteiger partial charge on any atom is 0.303 e. The van der Waals surface area contributed by atoms with Crippen LogP contribution in [0.2, 0.25) is 0 Å². The van der Waals surface area contributed by atoms with Gasteiger partial charge in [-0.3, -0.25) is 4.79 Å². The van der Waals surface area contributed by atoms with Gasteiger partial charge in [-0.1, -0.05) is 26.2 Å².